The maximum Gasteiger partial charge on any atom is 0.161 e. The molecular weight excluding hydrogens is 264 g/mol. The molecule has 2 nitrogen and oxygen atoms in total. The van der Waals surface area contributed by atoms with Crippen molar-refractivity contribution in [1.82, 2.24) is 0 Å². The molecule has 0 aliphatic carbocycles. The third-order valence-electron chi connectivity index (χ3n) is 3.46. The van der Waals surface area contributed by atoms with E-state index in [4.69, 9.17) is 4.99 Å². The van der Waals surface area contributed by atoms with Gasteiger partial charge in [0.25, 0.3) is 0 Å². The van der Waals surface area contributed by atoms with Crippen LogP contribution in [0.1, 0.15) is 20.3 Å². The van der Waals surface area contributed by atoms with Gasteiger partial charge in [0.15, 0.2) is 5.17 Å². The summed E-state index contributed by atoms with van der Waals surface area (Å²) < 4.78 is 0. The van der Waals surface area contributed by atoms with Crippen LogP contribution >= 0.6 is 11.8 Å². The Kier molecular flexibility index (Phi) is 3.97. The van der Waals surface area contributed by atoms with Gasteiger partial charge in [0, 0.05) is 11.4 Å². The van der Waals surface area contributed by atoms with E-state index in [2.05, 4.69) is 61.6 Å². The molecule has 0 radical (unpaired) electrons. The van der Waals surface area contributed by atoms with Crippen LogP contribution in [0.2, 0.25) is 0 Å². The fourth-order valence-electron chi connectivity index (χ4n) is 2.54. The van der Waals surface area contributed by atoms with Crippen LogP contribution in [0.15, 0.2) is 47.5 Å². The first-order chi connectivity index (χ1) is 9.70. The van der Waals surface area contributed by atoms with Gasteiger partial charge in [-0.1, -0.05) is 55.9 Å². The highest BCUT2D eigenvalue weighted by atomic mass is 32.2. The van der Waals surface area contributed by atoms with E-state index in [0.717, 1.165) is 16.6 Å². The molecule has 0 spiro atoms. The number of nitrogens with one attached hydrogen (secondary N) is 1. The lowest BCUT2D eigenvalue weighted by molar-refractivity contribution is 0.529. The van der Waals surface area contributed by atoms with Gasteiger partial charge in [0.2, 0.25) is 0 Å². The third-order valence-corrected chi connectivity index (χ3v) is 4.49. The molecule has 0 bridgehead atoms. The second-order valence-corrected chi connectivity index (χ2v) is 6.72. The molecule has 3 heteroatoms. The SMILES string of the molecule is CC(C)CC1CSC(Nc2ccc3ccccc3c2)=N1. The molecule has 0 fully saturated rings. The predicted octanol–water partition coefficient (Wildman–Crippen LogP) is 4.77. The van der Waals surface area contributed by atoms with Crippen LogP contribution in [0.3, 0.4) is 0 Å². The summed E-state index contributed by atoms with van der Waals surface area (Å²) in [5.41, 5.74) is 1.13. The van der Waals surface area contributed by atoms with E-state index in [1.54, 1.807) is 0 Å². The van der Waals surface area contributed by atoms with Crippen LogP contribution in [-0.2, 0) is 0 Å². The van der Waals surface area contributed by atoms with Gasteiger partial charge >= 0.3 is 0 Å². The zero-order valence-electron chi connectivity index (χ0n) is 12.0. The Morgan fingerprint density at radius 1 is 1.20 bits per heavy atom. The van der Waals surface area contributed by atoms with Gasteiger partial charge in [0.05, 0.1) is 6.04 Å². The fraction of sp³-hybridized carbons (Fsp3) is 0.353. The fourth-order valence-corrected chi connectivity index (χ4v) is 3.51. The van der Waals surface area contributed by atoms with Crippen LogP contribution in [0.5, 0.6) is 0 Å². The minimum atomic E-state index is 0.475. The molecule has 1 unspecified atom stereocenters. The number of nitrogens with zero attached hydrogens (tertiary/aromatic N) is 1. The monoisotopic (exact) mass is 284 g/mol. The maximum atomic E-state index is 4.77. The van der Waals surface area contributed by atoms with E-state index < -0.39 is 0 Å². The minimum Gasteiger partial charge on any atom is -0.335 e. The second-order valence-electron chi connectivity index (χ2n) is 5.72. The summed E-state index contributed by atoms with van der Waals surface area (Å²) in [6, 6.07) is 15.4. The Morgan fingerprint density at radius 2 is 2.00 bits per heavy atom. The number of fused-ring (bicyclic) bond motifs is 1. The molecule has 0 saturated heterocycles. The molecule has 1 atom stereocenters. The van der Waals surface area contributed by atoms with Crippen LogP contribution in [0.4, 0.5) is 5.69 Å². The lowest BCUT2D eigenvalue weighted by atomic mass is 10.1. The summed E-state index contributed by atoms with van der Waals surface area (Å²) in [6.45, 7) is 4.52. The van der Waals surface area contributed by atoms with Gasteiger partial charge < -0.3 is 5.32 Å². The van der Waals surface area contributed by atoms with Crippen molar-refractivity contribution in [1.29, 1.82) is 0 Å². The molecule has 1 aliphatic heterocycles. The van der Waals surface area contributed by atoms with E-state index in [1.165, 1.54) is 17.2 Å². The zero-order chi connectivity index (χ0) is 13.9. The minimum absolute atomic E-state index is 0.475. The molecule has 2 aromatic rings. The van der Waals surface area contributed by atoms with Crippen LogP contribution in [0.25, 0.3) is 10.8 Å². The molecule has 104 valence electrons. The summed E-state index contributed by atoms with van der Waals surface area (Å²) in [5.74, 6) is 1.82. The third kappa shape index (κ3) is 3.15. The van der Waals surface area contributed by atoms with Crippen molar-refractivity contribution in [2.75, 3.05) is 11.1 Å². The molecular formula is C17H20N2S. The summed E-state index contributed by atoms with van der Waals surface area (Å²) in [4.78, 5) is 4.77. The highest BCUT2D eigenvalue weighted by molar-refractivity contribution is 8.14. The average Bonchev–Trinajstić information content (AvgIpc) is 2.85. The van der Waals surface area contributed by atoms with Crippen LogP contribution in [0, 0.1) is 5.92 Å². The van der Waals surface area contributed by atoms with Crippen molar-refractivity contribution in [2.45, 2.75) is 26.3 Å². The van der Waals surface area contributed by atoms with E-state index in [1.807, 2.05) is 11.8 Å². The molecule has 0 aromatic heterocycles. The summed E-state index contributed by atoms with van der Waals surface area (Å²) >= 11 is 1.83. The van der Waals surface area contributed by atoms with E-state index >= 15 is 0 Å². The van der Waals surface area contributed by atoms with Gasteiger partial charge in [-0.25, -0.2) is 0 Å². The van der Waals surface area contributed by atoms with Gasteiger partial charge in [-0.15, -0.1) is 0 Å². The first kappa shape index (κ1) is 13.5. The number of hydrogen-bond acceptors (Lipinski definition) is 3. The van der Waals surface area contributed by atoms with Crippen molar-refractivity contribution >= 4 is 33.4 Å². The smallest absolute Gasteiger partial charge is 0.161 e. The van der Waals surface area contributed by atoms with Crippen molar-refractivity contribution in [3.8, 4) is 0 Å². The number of thioether (sulfide) groups is 1. The summed E-state index contributed by atoms with van der Waals surface area (Å²) in [6.07, 6.45) is 1.18. The van der Waals surface area contributed by atoms with Crippen molar-refractivity contribution < 1.29 is 0 Å². The summed E-state index contributed by atoms with van der Waals surface area (Å²) in [5, 5.41) is 7.05. The largest absolute Gasteiger partial charge is 0.335 e. The number of aliphatic imine (C=N–C) groups is 1. The molecule has 1 aliphatic rings. The van der Waals surface area contributed by atoms with Gasteiger partial charge in [0.1, 0.15) is 0 Å². The Labute approximate surface area is 124 Å². The van der Waals surface area contributed by atoms with Crippen molar-refractivity contribution in [3.05, 3.63) is 42.5 Å². The lowest BCUT2D eigenvalue weighted by Crippen LogP contribution is -2.08. The normalized spacial score (nSPS) is 18.6. The Morgan fingerprint density at radius 3 is 2.80 bits per heavy atom. The Bertz CT molecular complexity index is 634. The van der Waals surface area contributed by atoms with E-state index in [0.29, 0.717) is 12.0 Å². The standard InChI is InChI=1S/C17H20N2S/c1-12(2)9-16-11-20-17(19-16)18-15-8-7-13-5-3-4-6-14(13)10-15/h3-8,10,12,16H,9,11H2,1-2H3,(H,18,19). The number of rotatable bonds is 3. The molecule has 0 amide bonds. The Balaban J connectivity index is 1.73. The number of benzene rings is 2. The molecule has 1 heterocycles. The first-order valence-electron chi connectivity index (χ1n) is 7.17. The molecule has 3 rings (SSSR count). The number of anilines is 1. The predicted molar refractivity (Wildman–Crippen MR) is 90.7 cm³/mol. The molecule has 0 saturated carbocycles. The molecule has 2 aromatic carbocycles. The van der Waals surface area contributed by atoms with Gasteiger partial charge in [-0.2, -0.15) is 0 Å². The zero-order valence-corrected chi connectivity index (χ0v) is 12.8. The first-order valence-corrected chi connectivity index (χ1v) is 8.16. The van der Waals surface area contributed by atoms with Crippen molar-refractivity contribution in [3.63, 3.8) is 0 Å². The lowest BCUT2D eigenvalue weighted by Gasteiger charge is -2.08. The quantitative estimate of drug-likeness (QED) is 0.878. The molecule has 20 heavy (non-hydrogen) atoms. The molecule has 1 N–H and O–H groups in total. The summed E-state index contributed by atoms with van der Waals surface area (Å²) in [7, 11) is 0. The highest BCUT2D eigenvalue weighted by Gasteiger charge is 2.19. The topological polar surface area (TPSA) is 24.4 Å². The van der Waals surface area contributed by atoms with Crippen molar-refractivity contribution in [2.24, 2.45) is 10.9 Å². The number of amidine groups is 1. The second kappa shape index (κ2) is 5.88. The highest BCUT2D eigenvalue weighted by Crippen LogP contribution is 2.25. The number of hydrogen-bond donors (Lipinski definition) is 1. The average molecular weight is 284 g/mol. The maximum absolute atomic E-state index is 4.77. The Hall–Kier alpha value is -1.48. The van der Waals surface area contributed by atoms with Crippen LogP contribution in [-0.4, -0.2) is 17.0 Å². The van der Waals surface area contributed by atoms with E-state index in [-0.39, 0.29) is 0 Å². The van der Waals surface area contributed by atoms with E-state index in [9.17, 15) is 0 Å². The van der Waals surface area contributed by atoms with Crippen LogP contribution < -0.4 is 5.32 Å². The van der Waals surface area contributed by atoms with Gasteiger partial charge in [-0.05, 0) is 35.2 Å². The van der Waals surface area contributed by atoms with Gasteiger partial charge in [-0.3, -0.25) is 4.99 Å².